The Labute approximate surface area is 134 Å². The number of rotatable bonds is 5. The molecule has 1 saturated carbocycles. The van der Waals surface area contributed by atoms with Crippen molar-refractivity contribution < 1.29 is 9.90 Å². The zero-order valence-electron chi connectivity index (χ0n) is 12.1. The van der Waals surface area contributed by atoms with Gasteiger partial charge in [-0.05, 0) is 41.2 Å². The molecule has 0 aromatic heterocycles. The van der Waals surface area contributed by atoms with Crippen LogP contribution in [0.4, 0.5) is 0 Å². The molecule has 1 aliphatic carbocycles. The number of nitrogens with one attached hydrogen (secondary N) is 1. The third-order valence-electron chi connectivity index (χ3n) is 4.15. The monoisotopic (exact) mass is 315 g/mol. The van der Waals surface area contributed by atoms with Crippen LogP contribution >= 0.6 is 11.6 Å². The molecule has 2 N–H and O–H groups in total. The average Bonchev–Trinajstić information content (AvgIpc) is 3.33. The highest BCUT2D eigenvalue weighted by atomic mass is 35.5. The van der Waals surface area contributed by atoms with Gasteiger partial charge in [0.05, 0.1) is 6.61 Å². The molecule has 0 bridgehead atoms. The van der Waals surface area contributed by atoms with Gasteiger partial charge in [0.15, 0.2) is 0 Å². The van der Waals surface area contributed by atoms with Gasteiger partial charge in [0.2, 0.25) is 5.91 Å². The van der Waals surface area contributed by atoms with Crippen LogP contribution in [-0.2, 0) is 17.9 Å². The molecule has 0 saturated heterocycles. The van der Waals surface area contributed by atoms with E-state index in [0.29, 0.717) is 11.6 Å². The molecular weight excluding hydrogens is 298 g/mol. The van der Waals surface area contributed by atoms with Gasteiger partial charge in [0, 0.05) is 17.5 Å². The van der Waals surface area contributed by atoms with E-state index in [4.69, 9.17) is 11.6 Å². The van der Waals surface area contributed by atoms with Crippen molar-refractivity contribution >= 4 is 17.5 Å². The van der Waals surface area contributed by atoms with Gasteiger partial charge in [-0.3, -0.25) is 4.79 Å². The van der Waals surface area contributed by atoms with Crippen molar-refractivity contribution in [1.29, 1.82) is 0 Å². The summed E-state index contributed by atoms with van der Waals surface area (Å²) in [5.41, 5.74) is 2.94. The molecular formula is C18H18ClNO2. The number of aliphatic hydroxyl groups excluding tert-OH is 1. The van der Waals surface area contributed by atoms with Gasteiger partial charge >= 0.3 is 0 Å². The predicted molar refractivity (Wildman–Crippen MR) is 86.5 cm³/mol. The first kappa shape index (κ1) is 15.1. The van der Waals surface area contributed by atoms with E-state index in [1.165, 1.54) is 0 Å². The van der Waals surface area contributed by atoms with Crippen molar-refractivity contribution in [2.75, 3.05) is 0 Å². The van der Waals surface area contributed by atoms with Crippen LogP contribution in [0.5, 0.6) is 0 Å². The van der Waals surface area contributed by atoms with E-state index in [1.54, 1.807) is 0 Å². The van der Waals surface area contributed by atoms with Gasteiger partial charge in [-0.2, -0.15) is 0 Å². The van der Waals surface area contributed by atoms with Crippen molar-refractivity contribution in [3.05, 3.63) is 70.2 Å². The molecule has 0 aliphatic heterocycles. The minimum Gasteiger partial charge on any atom is -0.392 e. The lowest BCUT2D eigenvalue weighted by Gasteiger charge is -2.09. The fourth-order valence-electron chi connectivity index (χ4n) is 2.79. The summed E-state index contributed by atoms with van der Waals surface area (Å²) in [4.78, 5) is 12.2. The van der Waals surface area contributed by atoms with E-state index in [1.807, 2.05) is 48.5 Å². The summed E-state index contributed by atoms with van der Waals surface area (Å²) >= 11 is 5.99. The number of carbonyl (C=O) groups is 1. The number of carbonyl (C=O) groups excluding carboxylic acids is 1. The lowest BCUT2D eigenvalue weighted by molar-refractivity contribution is -0.122. The maximum atomic E-state index is 12.2. The number of halogens is 1. The topological polar surface area (TPSA) is 49.3 Å². The molecule has 2 aromatic carbocycles. The average molecular weight is 316 g/mol. The molecule has 0 heterocycles. The Bertz CT molecular complexity index is 686. The Kier molecular flexibility index (Phi) is 4.46. The summed E-state index contributed by atoms with van der Waals surface area (Å²) < 4.78 is 0. The normalized spacial score (nSPS) is 19.7. The van der Waals surface area contributed by atoms with Gasteiger partial charge < -0.3 is 10.4 Å². The van der Waals surface area contributed by atoms with E-state index in [-0.39, 0.29) is 24.3 Å². The molecule has 2 atom stereocenters. The van der Waals surface area contributed by atoms with Crippen molar-refractivity contribution in [2.24, 2.45) is 5.92 Å². The highest BCUT2D eigenvalue weighted by molar-refractivity contribution is 6.30. The third-order valence-corrected chi connectivity index (χ3v) is 4.38. The largest absolute Gasteiger partial charge is 0.392 e. The highest BCUT2D eigenvalue weighted by Gasteiger charge is 2.43. The Morgan fingerprint density at radius 3 is 2.68 bits per heavy atom. The molecule has 1 aliphatic rings. The maximum Gasteiger partial charge on any atom is 0.224 e. The first-order chi connectivity index (χ1) is 10.7. The molecule has 0 radical (unpaired) electrons. The number of hydrogen-bond acceptors (Lipinski definition) is 2. The molecule has 2 unspecified atom stereocenters. The number of hydrogen-bond donors (Lipinski definition) is 2. The van der Waals surface area contributed by atoms with Crippen molar-refractivity contribution in [3.63, 3.8) is 0 Å². The SMILES string of the molecule is O=C(NCc1ccccc1CO)C1CC1c1cccc(Cl)c1. The smallest absolute Gasteiger partial charge is 0.224 e. The van der Waals surface area contributed by atoms with E-state index in [2.05, 4.69) is 5.32 Å². The molecule has 22 heavy (non-hydrogen) atoms. The molecule has 114 valence electrons. The van der Waals surface area contributed by atoms with Crippen LogP contribution in [0.1, 0.15) is 29.0 Å². The van der Waals surface area contributed by atoms with Crippen LogP contribution in [0.2, 0.25) is 5.02 Å². The third kappa shape index (κ3) is 3.32. The van der Waals surface area contributed by atoms with Crippen LogP contribution in [-0.4, -0.2) is 11.0 Å². The molecule has 1 amide bonds. The minimum atomic E-state index is -0.0133. The van der Waals surface area contributed by atoms with Crippen LogP contribution in [0, 0.1) is 5.92 Å². The van der Waals surface area contributed by atoms with Gasteiger partial charge in [0.1, 0.15) is 0 Å². The zero-order chi connectivity index (χ0) is 15.5. The van der Waals surface area contributed by atoms with Crippen molar-refractivity contribution in [1.82, 2.24) is 5.32 Å². The highest BCUT2D eigenvalue weighted by Crippen LogP contribution is 2.47. The molecule has 3 nitrogen and oxygen atoms in total. The maximum absolute atomic E-state index is 12.2. The standard InChI is InChI=1S/C18H18ClNO2/c19-15-7-3-6-12(8-15)16-9-17(16)18(22)20-10-13-4-1-2-5-14(13)11-21/h1-8,16-17,21H,9-11H2,(H,20,22). The molecule has 1 fully saturated rings. The van der Waals surface area contributed by atoms with E-state index >= 15 is 0 Å². The predicted octanol–water partition coefficient (Wildman–Crippen LogP) is 3.25. The second kappa shape index (κ2) is 6.51. The Morgan fingerprint density at radius 2 is 1.95 bits per heavy atom. The minimum absolute atomic E-state index is 0.0133. The van der Waals surface area contributed by atoms with E-state index in [0.717, 1.165) is 23.1 Å². The number of amides is 1. The fourth-order valence-corrected chi connectivity index (χ4v) is 2.99. The van der Waals surface area contributed by atoms with Gasteiger partial charge in [0.25, 0.3) is 0 Å². The summed E-state index contributed by atoms with van der Waals surface area (Å²) in [6.07, 6.45) is 0.869. The van der Waals surface area contributed by atoms with Gasteiger partial charge in [-0.1, -0.05) is 48.0 Å². The van der Waals surface area contributed by atoms with E-state index < -0.39 is 0 Å². The second-order valence-corrected chi connectivity index (χ2v) is 6.08. The van der Waals surface area contributed by atoms with Crippen LogP contribution in [0.25, 0.3) is 0 Å². The number of benzene rings is 2. The molecule has 0 spiro atoms. The summed E-state index contributed by atoms with van der Waals surface area (Å²) in [6, 6.07) is 15.3. The zero-order valence-corrected chi connectivity index (χ0v) is 12.9. The summed E-state index contributed by atoms with van der Waals surface area (Å²) in [5.74, 6) is 0.365. The lowest BCUT2D eigenvalue weighted by Crippen LogP contribution is -2.25. The lowest BCUT2D eigenvalue weighted by atomic mass is 10.1. The van der Waals surface area contributed by atoms with Crippen molar-refractivity contribution in [3.8, 4) is 0 Å². The second-order valence-electron chi connectivity index (χ2n) is 5.65. The summed E-state index contributed by atoms with van der Waals surface area (Å²) in [6.45, 7) is 0.439. The number of aliphatic hydroxyl groups is 1. The Morgan fingerprint density at radius 1 is 1.18 bits per heavy atom. The van der Waals surface area contributed by atoms with Gasteiger partial charge in [-0.15, -0.1) is 0 Å². The first-order valence-corrected chi connectivity index (χ1v) is 7.77. The fraction of sp³-hybridized carbons (Fsp3) is 0.278. The summed E-state index contributed by atoms with van der Waals surface area (Å²) in [5, 5.41) is 13.0. The quantitative estimate of drug-likeness (QED) is 0.890. The molecule has 3 rings (SSSR count). The van der Waals surface area contributed by atoms with Crippen LogP contribution in [0.15, 0.2) is 48.5 Å². The Balaban J connectivity index is 1.58. The summed E-state index contributed by atoms with van der Waals surface area (Å²) in [7, 11) is 0. The molecule has 2 aromatic rings. The van der Waals surface area contributed by atoms with Gasteiger partial charge in [-0.25, -0.2) is 0 Å². The van der Waals surface area contributed by atoms with Crippen LogP contribution < -0.4 is 5.32 Å². The van der Waals surface area contributed by atoms with E-state index in [9.17, 15) is 9.90 Å². The Hall–Kier alpha value is -1.84. The van der Waals surface area contributed by atoms with Crippen LogP contribution in [0.3, 0.4) is 0 Å². The molecule has 4 heteroatoms. The first-order valence-electron chi connectivity index (χ1n) is 7.40. The van der Waals surface area contributed by atoms with Crippen molar-refractivity contribution in [2.45, 2.75) is 25.5 Å².